The average Bonchev–Trinajstić information content (AvgIpc) is 3.07. The second-order valence-corrected chi connectivity index (χ2v) is 6.48. The van der Waals surface area contributed by atoms with Crippen molar-refractivity contribution < 1.29 is 0 Å². The molecule has 1 N–H and O–H groups in total. The first-order valence-electron chi connectivity index (χ1n) is 9.12. The van der Waals surface area contributed by atoms with Crippen LogP contribution in [0.25, 0.3) is 22.2 Å². The molecule has 0 fully saturated rings. The Bertz CT molecular complexity index is 1070. The number of nitrogens with one attached hydrogen (secondary N) is 1. The third-order valence-electron chi connectivity index (χ3n) is 4.59. The monoisotopic (exact) mass is 335 g/mol. The summed E-state index contributed by atoms with van der Waals surface area (Å²) in [7, 11) is 0. The molecule has 1 heteroatoms. The van der Waals surface area contributed by atoms with Gasteiger partial charge >= 0.3 is 0 Å². The van der Waals surface area contributed by atoms with Crippen molar-refractivity contribution in [1.29, 1.82) is 0 Å². The van der Waals surface area contributed by atoms with E-state index in [0.29, 0.717) is 0 Å². The molecule has 0 amide bonds. The minimum atomic E-state index is 1.05. The van der Waals surface area contributed by atoms with Crippen molar-refractivity contribution >= 4 is 10.9 Å². The Balaban J connectivity index is 1.79. The minimum Gasteiger partial charge on any atom is -0.353 e. The van der Waals surface area contributed by atoms with Crippen LogP contribution in [-0.4, -0.2) is 4.98 Å². The summed E-state index contributed by atoms with van der Waals surface area (Å²) in [6.45, 7) is 2.20. The Morgan fingerprint density at radius 3 is 2.27 bits per heavy atom. The molecule has 0 radical (unpaired) electrons. The van der Waals surface area contributed by atoms with E-state index in [1.165, 1.54) is 17.4 Å². The number of aromatic nitrogens is 1. The molecule has 4 aromatic rings. The normalized spacial score (nSPS) is 10.5. The lowest BCUT2D eigenvalue weighted by Gasteiger charge is -2.00. The van der Waals surface area contributed by atoms with Crippen molar-refractivity contribution in [3.63, 3.8) is 0 Å². The van der Waals surface area contributed by atoms with Crippen LogP contribution >= 0.6 is 0 Å². The first-order valence-corrected chi connectivity index (χ1v) is 9.12. The van der Waals surface area contributed by atoms with Gasteiger partial charge in [0.2, 0.25) is 0 Å². The van der Waals surface area contributed by atoms with Gasteiger partial charge < -0.3 is 4.98 Å². The number of aromatic amines is 1. The van der Waals surface area contributed by atoms with Gasteiger partial charge in [0.05, 0.1) is 11.3 Å². The summed E-state index contributed by atoms with van der Waals surface area (Å²) in [5, 5.41) is 1.17. The fraction of sp³-hybridized carbons (Fsp3) is 0.120. The highest BCUT2D eigenvalue weighted by Crippen LogP contribution is 2.29. The molecule has 0 spiro atoms. The highest BCUT2D eigenvalue weighted by Gasteiger charge is 2.10. The summed E-state index contributed by atoms with van der Waals surface area (Å²) in [5.74, 6) is 6.77. The molecule has 0 saturated carbocycles. The van der Waals surface area contributed by atoms with Crippen LogP contribution in [0.5, 0.6) is 0 Å². The van der Waals surface area contributed by atoms with E-state index in [0.717, 1.165) is 34.3 Å². The number of H-pyrrole nitrogens is 1. The molecule has 126 valence electrons. The fourth-order valence-corrected chi connectivity index (χ4v) is 3.27. The van der Waals surface area contributed by atoms with E-state index in [-0.39, 0.29) is 0 Å². The lowest BCUT2D eigenvalue weighted by molar-refractivity contribution is 0.922. The zero-order valence-corrected chi connectivity index (χ0v) is 14.9. The summed E-state index contributed by atoms with van der Waals surface area (Å²) in [4.78, 5) is 3.54. The fourth-order valence-electron chi connectivity index (χ4n) is 3.27. The van der Waals surface area contributed by atoms with E-state index in [1.54, 1.807) is 0 Å². The Hall–Kier alpha value is -3.24. The van der Waals surface area contributed by atoms with Crippen LogP contribution in [0, 0.1) is 11.8 Å². The highest BCUT2D eigenvalue weighted by atomic mass is 14.7. The molecule has 1 heterocycles. The summed E-state index contributed by atoms with van der Waals surface area (Å²) < 4.78 is 0. The van der Waals surface area contributed by atoms with Crippen LogP contribution in [0.1, 0.15) is 30.0 Å². The topological polar surface area (TPSA) is 15.8 Å². The molecule has 0 unspecified atom stereocenters. The van der Waals surface area contributed by atoms with Crippen molar-refractivity contribution in [2.75, 3.05) is 0 Å². The molecule has 1 nitrogen and oxygen atoms in total. The number of aryl methyl sites for hydroxylation is 1. The van der Waals surface area contributed by atoms with Crippen LogP contribution in [0.3, 0.4) is 0 Å². The average molecular weight is 335 g/mol. The van der Waals surface area contributed by atoms with Crippen molar-refractivity contribution in [3.05, 3.63) is 95.6 Å². The summed E-state index contributed by atoms with van der Waals surface area (Å²) >= 11 is 0. The lowest BCUT2D eigenvalue weighted by atomic mass is 10.0. The Morgan fingerprint density at radius 1 is 0.769 bits per heavy atom. The lowest BCUT2D eigenvalue weighted by Crippen LogP contribution is -1.84. The van der Waals surface area contributed by atoms with Crippen LogP contribution in [-0.2, 0) is 6.42 Å². The van der Waals surface area contributed by atoms with E-state index < -0.39 is 0 Å². The van der Waals surface area contributed by atoms with Crippen molar-refractivity contribution in [2.45, 2.75) is 19.8 Å². The molecule has 0 aliphatic carbocycles. The Labute approximate surface area is 154 Å². The van der Waals surface area contributed by atoms with Crippen LogP contribution in [0.4, 0.5) is 0 Å². The van der Waals surface area contributed by atoms with Crippen molar-refractivity contribution in [2.24, 2.45) is 0 Å². The molecule has 4 rings (SSSR count). The van der Waals surface area contributed by atoms with E-state index in [1.807, 2.05) is 6.07 Å². The number of hydrogen-bond donors (Lipinski definition) is 1. The first-order chi connectivity index (χ1) is 12.8. The van der Waals surface area contributed by atoms with Gasteiger partial charge in [0.1, 0.15) is 0 Å². The molecule has 0 aliphatic heterocycles. The molecule has 0 bridgehead atoms. The van der Waals surface area contributed by atoms with E-state index in [9.17, 15) is 0 Å². The standard InChI is InChI=1S/C25H21N/c1-2-8-19-13-15-20(16-14-19)17-18-23-22-11-6-7-12-24(22)26-25(23)21-9-4-3-5-10-21/h3-7,9-16,26H,2,8H2,1H3. The number of fused-ring (bicyclic) bond motifs is 1. The van der Waals surface area contributed by atoms with Gasteiger partial charge in [-0.3, -0.25) is 0 Å². The van der Waals surface area contributed by atoms with Crippen molar-refractivity contribution in [3.8, 4) is 23.1 Å². The Kier molecular flexibility index (Phi) is 4.58. The van der Waals surface area contributed by atoms with E-state index >= 15 is 0 Å². The third kappa shape index (κ3) is 3.27. The maximum atomic E-state index is 3.54. The molecule has 26 heavy (non-hydrogen) atoms. The maximum absolute atomic E-state index is 3.54. The predicted molar refractivity (Wildman–Crippen MR) is 110 cm³/mol. The van der Waals surface area contributed by atoms with Gasteiger partial charge in [-0.15, -0.1) is 0 Å². The van der Waals surface area contributed by atoms with Crippen molar-refractivity contribution in [1.82, 2.24) is 4.98 Å². The van der Waals surface area contributed by atoms with Gasteiger partial charge in [0, 0.05) is 16.5 Å². The molecular formula is C25H21N. The van der Waals surface area contributed by atoms with Gasteiger partial charge in [0.25, 0.3) is 0 Å². The Morgan fingerprint density at radius 2 is 1.50 bits per heavy atom. The first kappa shape index (κ1) is 16.2. The molecule has 0 saturated heterocycles. The predicted octanol–water partition coefficient (Wildman–Crippen LogP) is 6.19. The number of benzene rings is 3. The highest BCUT2D eigenvalue weighted by molar-refractivity contribution is 5.94. The van der Waals surface area contributed by atoms with Crippen LogP contribution < -0.4 is 0 Å². The largest absolute Gasteiger partial charge is 0.353 e. The smallest absolute Gasteiger partial charge is 0.0624 e. The second-order valence-electron chi connectivity index (χ2n) is 6.48. The molecule has 3 aromatic carbocycles. The van der Waals surface area contributed by atoms with Gasteiger partial charge in [-0.1, -0.05) is 85.8 Å². The number of hydrogen-bond acceptors (Lipinski definition) is 0. The molecular weight excluding hydrogens is 314 g/mol. The van der Waals surface area contributed by atoms with Crippen LogP contribution in [0.15, 0.2) is 78.9 Å². The number of rotatable bonds is 3. The van der Waals surface area contributed by atoms with Crippen LogP contribution in [0.2, 0.25) is 0 Å². The molecule has 0 atom stereocenters. The summed E-state index contributed by atoms with van der Waals surface area (Å²) in [6.07, 6.45) is 2.29. The number of para-hydroxylation sites is 1. The summed E-state index contributed by atoms with van der Waals surface area (Å²) in [6, 6.07) is 27.4. The SMILES string of the molecule is CCCc1ccc(C#Cc2c(-c3ccccc3)[nH]c3ccccc23)cc1. The molecule has 1 aromatic heterocycles. The van der Waals surface area contributed by atoms with Gasteiger partial charge in [0.15, 0.2) is 0 Å². The summed E-state index contributed by atoms with van der Waals surface area (Å²) in [5.41, 5.74) is 6.84. The van der Waals surface area contributed by atoms with E-state index in [2.05, 4.69) is 96.5 Å². The minimum absolute atomic E-state index is 1.05. The maximum Gasteiger partial charge on any atom is 0.0624 e. The zero-order valence-electron chi connectivity index (χ0n) is 14.9. The van der Waals surface area contributed by atoms with E-state index in [4.69, 9.17) is 0 Å². The zero-order chi connectivity index (χ0) is 17.8. The second kappa shape index (κ2) is 7.33. The van der Waals surface area contributed by atoms with Gasteiger partial charge in [-0.25, -0.2) is 0 Å². The third-order valence-corrected chi connectivity index (χ3v) is 4.59. The van der Waals surface area contributed by atoms with Gasteiger partial charge in [-0.05, 0) is 35.7 Å². The quantitative estimate of drug-likeness (QED) is 0.430. The van der Waals surface area contributed by atoms with Gasteiger partial charge in [-0.2, -0.15) is 0 Å². The molecule has 0 aliphatic rings.